The molecule has 0 aromatic carbocycles. The maximum absolute atomic E-state index is 11.6. The highest BCUT2D eigenvalue weighted by Gasteiger charge is 2.25. The average molecular weight is 90.1 g/mol. The quantitative estimate of drug-likeness (QED) is 0.458. The zero-order valence-corrected chi connectivity index (χ0v) is 3.39. The summed E-state index contributed by atoms with van der Waals surface area (Å²) in [6.07, 6.45) is -0.319. The molecule has 2 heteroatoms. The molecule has 6 heavy (non-hydrogen) atoms. The van der Waals surface area contributed by atoms with E-state index in [1.807, 2.05) is 0 Å². The molecule has 0 saturated heterocycles. The van der Waals surface area contributed by atoms with Crippen LogP contribution in [-0.2, 0) is 0 Å². The number of alkyl halides is 1. The molecule has 0 aromatic rings. The van der Waals surface area contributed by atoms with Crippen molar-refractivity contribution >= 4 is 0 Å². The van der Waals surface area contributed by atoms with Gasteiger partial charge < -0.3 is 5.11 Å². The highest BCUT2D eigenvalue weighted by atomic mass is 19.1. The summed E-state index contributed by atoms with van der Waals surface area (Å²) in [6, 6.07) is 0. The van der Waals surface area contributed by atoms with E-state index in [4.69, 9.17) is 5.11 Å². The Labute approximate surface area is 35.8 Å². The normalized spacial score (nSPS) is 45.0. The van der Waals surface area contributed by atoms with Gasteiger partial charge in [0.1, 0.15) is 6.17 Å². The molecule has 0 aromatic heterocycles. The Bertz CT molecular complexity index is 43.5. The van der Waals surface area contributed by atoms with E-state index in [2.05, 4.69) is 0 Å². The first-order valence-electron chi connectivity index (χ1n) is 2.11. The summed E-state index contributed by atoms with van der Waals surface area (Å²) in [4.78, 5) is 0. The summed E-state index contributed by atoms with van der Waals surface area (Å²) < 4.78 is 11.6. The van der Waals surface area contributed by atoms with E-state index in [0.29, 0.717) is 12.8 Å². The molecule has 0 aliphatic heterocycles. The molecule has 1 aliphatic carbocycles. The molecule has 1 aliphatic rings. The predicted molar refractivity (Wildman–Crippen MR) is 20.1 cm³/mol. The Kier molecular flexibility index (Phi) is 0.804. The van der Waals surface area contributed by atoms with Crippen molar-refractivity contribution in [3.63, 3.8) is 0 Å². The molecule has 0 heterocycles. The fourth-order valence-electron chi connectivity index (χ4n) is 0.521. The lowest BCUT2D eigenvalue weighted by Gasteiger charge is -2.23. The molecular weight excluding hydrogens is 83.0 g/mol. The number of aliphatic hydroxyl groups excluding tert-OH is 1. The first-order chi connectivity index (χ1) is 2.79. The van der Waals surface area contributed by atoms with Crippen LogP contribution in [0.3, 0.4) is 0 Å². The van der Waals surface area contributed by atoms with Gasteiger partial charge in [0.2, 0.25) is 0 Å². The van der Waals surface area contributed by atoms with E-state index >= 15 is 0 Å². The van der Waals surface area contributed by atoms with Crippen LogP contribution in [0.5, 0.6) is 0 Å². The van der Waals surface area contributed by atoms with Crippen molar-refractivity contribution in [1.29, 1.82) is 0 Å². The Morgan fingerprint density at radius 1 is 1.50 bits per heavy atom. The summed E-state index contributed by atoms with van der Waals surface area (Å²) in [5.41, 5.74) is 0. The van der Waals surface area contributed by atoms with Crippen molar-refractivity contribution in [2.45, 2.75) is 25.1 Å². The minimum Gasteiger partial charge on any atom is -0.393 e. The topological polar surface area (TPSA) is 20.2 Å². The summed E-state index contributed by atoms with van der Waals surface area (Å²) >= 11 is 0. The third-order valence-electron chi connectivity index (χ3n) is 1.06. The maximum atomic E-state index is 11.6. The van der Waals surface area contributed by atoms with Gasteiger partial charge in [-0.25, -0.2) is 4.39 Å². The van der Waals surface area contributed by atoms with E-state index < -0.39 is 6.17 Å². The lowest BCUT2D eigenvalue weighted by atomic mass is 9.94. The van der Waals surface area contributed by atoms with E-state index in [1.165, 1.54) is 0 Å². The van der Waals surface area contributed by atoms with Crippen LogP contribution in [0, 0.1) is 0 Å². The Balaban J connectivity index is 2.11. The van der Waals surface area contributed by atoms with Gasteiger partial charge in [0.15, 0.2) is 0 Å². The van der Waals surface area contributed by atoms with Gasteiger partial charge in [-0.3, -0.25) is 0 Å². The monoisotopic (exact) mass is 90.0 g/mol. The van der Waals surface area contributed by atoms with Gasteiger partial charge in [-0.2, -0.15) is 0 Å². The highest BCUT2D eigenvalue weighted by molar-refractivity contribution is 4.77. The molecule has 0 spiro atoms. The second kappa shape index (κ2) is 1.19. The van der Waals surface area contributed by atoms with Crippen molar-refractivity contribution < 1.29 is 9.50 Å². The molecule has 0 atom stereocenters. The first-order valence-corrected chi connectivity index (χ1v) is 2.11. The molecule has 36 valence electrons. The molecule has 1 fully saturated rings. The van der Waals surface area contributed by atoms with Crippen LogP contribution in [0.2, 0.25) is 0 Å². The molecule has 1 saturated carbocycles. The van der Waals surface area contributed by atoms with Gasteiger partial charge in [0.05, 0.1) is 6.10 Å². The molecule has 0 radical (unpaired) electrons. The van der Waals surface area contributed by atoms with Gasteiger partial charge in [-0.05, 0) is 0 Å². The van der Waals surface area contributed by atoms with Crippen molar-refractivity contribution in [2.24, 2.45) is 0 Å². The summed E-state index contributed by atoms with van der Waals surface area (Å²) in [5, 5.41) is 8.38. The number of hydrogen-bond donors (Lipinski definition) is 1. The van der Waals surface area contributed by atoms with Crippen molar-refractivity contribution in [2.75, 3.05) is 0 Å². The van der Waals surface area contributed by atoms with Crippen LogP contribution in [0.4, 0.5) is 4.39 Å². The van der Waals surface area contributed by atoms with Crippen molar-refractivity contribution in [3.05, 3.63) is 0 Å². The summed E-state index contributed by atoms with van der Waals surface area (Å²) in [7, 11) is 0. The summed E-state index contributed by atoms with van der Waals surface area (Å²) in [6.45, 7) is 0. The Morgan fingerprint density at radius 3 is 2.00 bits per heavy atom. The predicted octanol–water partition coefficient (Wildman–Crippen LogP) is 0.479. The molecule has 1 nitrogen and oxygen atoms in total. The number of halogens is 1. The van der Waals surface area contributed by atoms with Gasteiger partial charge in [-0.1, -0.05) is 0 Å². The van der Waals surface area contributed by atoms with Gasteiger partial charge >= 0.3 is 0 Å². The van der Waals surface area contributed by atoms with Crippen LogP contribution in [0.1, 0.15) is 12.8 Å². The fraction of sp³-hybridized carbons (Fsp3) is 1.00. The van der Waals surface area contributed by atoms with Crippen LogP contribution < -0.4 is 0 Å². The first kappa shape index (κ1) is 4.06. The van der Waals surface area contributed by atoms with E-state index in [0.717, 1.165) is 0 Å². The number of aliphatic hydroxyl groups is 1. The summed E-state index contributed by atoms with van der Waals surface area (Å²) in [5.74, 6) is 0. The van der Waals surface area contributed by atoms with Crippen LogP contribution in [0.25, 0.3) is 0 Å². The molecule has 0 unspecified atom stereocenters. The average Bonchev–Trinajstić information content (AvgIpc) is 1.33. The fourth-order valence-corrected chi connectivity index (χ4v) is 0.521. The molecule has 1 N–H and O–H groups in total. The lowest BCUT2D eigenvalue weighted by molar-refractivity contribution is 0.0222. The molecule has 1 rings (SSSR count). The smallest absolute Gasteiger partial charge is 0.105 e. The second-order valence-corrected chi connectivity index (χ2v) is 1.72. The molecule has 0 bridgehead atoms. The largest absolute Gasteiger partial charge is 0.393 e. The zero-order valence-electron chi connectivity index (χ0n) is 3.39. The third-order valence-corrected chi connectivity index (χ3v) is 1.06. The minimum atomic E-state index is -0.708. The molecule has 0 amide bonds. The Hall–Kier alpha value is -0.110. The van der Waals surface area contributed by atoms with E-state index in [9.17, 15) is 4.39 Å². The van der Waals surface area contributed by atoms with E-state index in [1.54, 1.807) is 0 Å². The maximum Gasteiger partial charge on any atom is 0.105 e. The van der Waals surface area contributed by atoms with Gasteiger partial charge in [0, 0.05) is 12.8 Å². The van der Waals surface area contributed by atoms with Crippen LogP contribution >= 0.6 is 0 Å². The van der Waals surface area contributed by atoms with Crippen molar-refractivity contribution in [3.8, 4) is 0 Å². The van der Waals surface area contributed by atoms with Crippen molar-refractivity contribution in [1.82, 2.24) is 0 Å². The number of hydrogen-bond acceptors (Lipinski definition) is 1. The Morgan fingerprint density at radius 2 is 2.00 bits per heavy atom. The standard InChI is InChI=1S/C4H7FO/c5-3-1-4(6)2-3/h3-4,6H,1-2H2/t3-,4-. The molecular formula is C4H7FO. The van der Waals surface area contributed by atoms with Gasteiger partial charge in [0.25, 0.3) is 0 Å². The minimum absolute atomic E-state index is 0.333. The highest BCUT2D eigenvalue weighted by Crippen LogP contribution is 2.21. The zero-order chi connectivity index (χ0) is 4.57. The van der Waals surface area contributed by atoms with Gasteiger partial charge in [-0.15, -0.1) is 0 Å². The third kappa shape index (κ3) is 0.522. The lowest BCUT2D eigenvalue weighted by Crippen LogP contribution is -2.29. The SMILES string of the molecule is O[C@H]1C[C@H](F)C1. The van der Waals surface area contributed by atoms with Crippen LogP contribution in [0.15, 0.2) is 0 Å². The van der Waals surface area contributed by atoms with Crippen LogP contribution in [-0.4, -0.2) is 17.4 Å². The second-order valence-electron chi connectivity index (χ2n) is 1.72. The van der Waals surface area contributed by atoms with E-state index in [-0.39, 0.29) is 6.10 Å². The number of rotatable bonds is 0.